The molecule has 0 amide bonds. The van der Waals surface area contributed by atoms with Crippen LogP contribution in [0.3, 0.4) is 0 Å². The number of hydrogen-bond donors (Lipinski definition) is 0. The van der Waals surface area contributed by atoms with Gasteiger partial charge in [0.15, 0.2) is 0 Å². The third-order valence-corrected chi connectivity index (χ3v) is 3.11. The summed E-state index contributed by atoms with van der Waals surface area (Å²) in [6.07, 6.45) is 0.952. The lowest BCUT2D eigenvalue weighted by Gasteiger charge is -2.18. The number of nitriles is 1. The molecule has 3 heteroatoms. The topological polar surface area (TPSA) is 33.0 Å². The quantitative estimate of drug-likeness (QED) is 0.793. The first-order valence-corrected chi connectivity index (χ1v) is 5.74. The van der Waals surface area contributed by atoms with Crippen molar-refractivity contribution in [3.63, 3.8) is 0 Å². The summed E-state index contributed by atoms with van der Waals surface area (Å²) in [4.78, 5) is 0. The monoisotopic (exact) mass is 237 g/mol. The van der Waals surface area contributed by atoms with E-state index in [2.05, 4.69) is 19.9 Å². The van der Waals surface area contributed by atoms with Gasteiger partial charge in [-0.1, -0.05) is 31.9 Å². The molecule has 2 unspecified atom stereocenters. The zero-order valence-corrected chi connectivity index (χ0v) is 10.6. The fourth-order valence-electron chi connectivity index (χ4n) is 1.69. The van der Waals surface area contributed by atoms with E-state index in [9.17, 15) is 5.26 Å². The minimum absolute atomic E-state index is 0.168. The zero-order valence-electron chi connectivity index (χ0n) is 9.83. The lowest BCUT2D eigenvalue weighted by molar-refractivity contribution is 0.400. The molecule has 0 N–H and O–H groups in total. The zero-order chi connectivity index (χ0) is 12.1. The summed E-state index contributed by atoms with van der Waals surface area (Å²) >= 11 is 5.96. The van der Waals surface area contributed by atoms with Crippen molar-refractivity contribution in [3.05, 3.63) is 28.8 Å². The first-order valence-electron chi connectivity index (χ1n) is 5.37. The van der Waals surface area contributed by atoms with Gasteiger partial charge in [0, 0.05) is 10.6 Å². The second-order valence-corrected chi connectivity index (χ2v) is 4.32. The largest absolute Gasteiger partial charge is 0.496 e. The van der Waals surface area contributed by atoms with Crippen LogP contribution in [0.1, 0.15) is 31.7 Å². The van der Waals surface area contributed by atoms with Crippen molar-refractivity contribution in [1.29, 1.82) is 5.26 Å². The molecule has 86 valence electrons. The molecule has 0 radical (unpaired) electrons. The summed E-state index contributed by atoms with van der Waals surface area (Å²) in [5.41, 5.74) is 0.881. The van der Waals surface area contributed by atoms with Crippen LogP contribution in [-0.2, 0) is 0 Å². The molecule has 0 aliphatic rings. The molecule has 0 aliphatic carbocycles. The van der Waals surface area contributed by atoms with Crippen LogP contribution in [0.15, 0.2) is 18.2 Å². The van der Waals surface area contributed by atoms with Gasteiger partial charge in [0.25, 0.3) is 0 Å². The normalized spacial score (nSPS) is 13.9. The Balaban J connectivity index is 3.18. The second-order valence-electron chi connectivity index (χ2n) is 3.88. The second kappa shape index (κ2) is 5.77. The molecule has 2 atom stereocenters. The van der Waals surface area contributed by atoms with Crippen LogP contribution >= 0.6 is 11.6 Å². The summed E-state index contributed by atoms with van der Waals surface area (Å²) in [6.45, 7) is 4.14. The number of halogens is 1. The molecule has 1 rings (SSSR count). The van der Waals surface area contributed by atoms with Gasteiger partial charge in [0.2, 0.25) is 0 Å². The summed E-state index contributed by atoms with van der Waals surface area (Å²) in [5.74, 6) is 0.854. The van der Waals surface area contributed by atoms with Gasteiger partial charge in [0.1, 0.15) is 5.75 Å². The Morgan fingerprint density at radius 3 is 2.69 bits per heavy atom. The summed E-state index contributed by atoms with van der Waals surface area (Å²) in [7, 11) is 1.61. The molecule has 1 aromatic carbocycles. The van der Waals surface area contributed by atoms with Crippen molar-refractivity contribution in [2.75, 3.05) is 7.11 Å². The molecule has 16 heavy (non-hydrogen) atoms. The van der Waals surface area contributed by atoms with Gasteiger partial charge >= 0.3 is 0 Å². The predicted octanol–water partition coefficient (Wildman–Crippen LogP) is 4.00. The van der Waals surface area contributed by atoms with Crippen LogP contribution in [0.4, 0.5) is 0 Å². The number of benzene rings is 1. The highest BCUT2D eigenvalue weighted by molar-refractivity contribution is 6.30. The number of methoxy groups -OCH3 is 1. The van der Waals surface area contributed by atoms with E-state index in [1.54, 1.807) is 13.2 Å². The highest BCUT2D eigenvalue weighted by atomic mass is 35.5. The van der Waals surface area contributed by atoms with E-state index in [-0.39, 0.29) is 11.8 Å². The Labute approximate surface area is 102 Å². The Kier molecular flexibility index (Phi) is 4.64. The summed E-state index contributed by atoms with van der Waals surface area (Å²) in [6, 6.07) is 7.73. The van der Waals surface area contributed by atoms with E-state index in [0.717, 1.165) is 17.7 Å². The van der Waals surface area contributed by atoms with Crippen molar-refractivity contribution in [1.82, 2.24) is 0 Å². The van der Waals surface area contributed by atoms with Crippen molar-refractivity contribution >= 4 is 11.6 Å². The van der Waals surface area contributed by atoms with Crippen LogP contribution < -0.4 is 4.74 Å². The average Bonchev–Trinajstić information content (AvgIpc) is 2.30. The van der Waals surface area contributed by atoms with Crippen molar-refractivity contribution < 1.29 is 4.74 Å². The molecule has 0 spiro atoms. The number of ether oxygens (including phenoxy) is 1. The van der Waals surface area contributed by atoms with Gasteiger partial charge in [-0.3, -0.25) is 0 Å². The lowest BCUT2D eigenvalue weighted by Crippen LogP contribution is -2.08. The first kappa shape index (κ1) is 12.9. The van der Waals surface area contributed by atoms with Crippen LogP contribution in [0.25, 0.3) is 0 Å². The van der Waals surface area contributed by atoms with E-state index in [4.69, 9.17) is 16.3 Å². The van der Waals surface area contributed by atoms with E-state index < -0.39 is 0 Å². The summed E-state index contributed by atoms with van der Waals surface area (Å²) < 4.78 is 5.27. The Morgan fingerprint density at radius 2 is 2.19 bits per heavy atom. The van der Waals surface area contributed by atoms with E-state index in [1.165, 1.54) is 0 Å². The Hall–Kier alpha value is -1.20. The highest BCUT2D eigenvalue weighted by Gasteiger charge is 2.21. The van der Waals surface area contributed by atoms with Crippen LogP contribution in [0.2, 0.25) is 5.02 Å². The highest BCUT2D eigenvalue weighted by Crippen LogP contribution is 2.34. The molecular formula is C13H16ClNO. The van der Waals surface area contributed by atoms with Crippen molar-refractivity contribution in [2.45, 2.75) is 26.2 Å². The van der Waals surface area contributed by atoms with Gasteiger partial charge in [0.05, 0.1) is 19.1 Å². The van der Waals surface area contributed by atoms with Crippen LogP contribution in [-0.4, -0.2) is 7.11 Å². The number of nitrogens with zero attached hydrogens (tertiary/aromatic N) is 1. The molecule has 0 saturated carbocycles. The molecule has 0 aromatic heterocycles. The predicted molar refractivity (Wildman–Crippen MR) is 65.8 cm³/mol. The molecular weight excluding hydrogens is 222 g/mol. The van der Waals surface area contributed by atoms with Crippen LogP contribution in [0.5, 0.6) is 5.75 Å². The molecule has 0 aliphatic heterocycles. The van der Waals surface area contributed by atoms with Crippen LogP contribution in [0, 0.1) is 17.2 Å². The van der Waals surface area contributed by atoms with Gasteiger partial charge < -0.3 is 4.74 Å². The number of hydrogen-bond acceptors (Lipinski definition) is 2. The molecule has 0 fully saturated rings. The van der Waals surface area contributed by atoms with Gasteiger partial charge in [-0.2, -0.15) is 5.26 Å². The minimum Gasteiger partial charge on any atom is -0.496 e. The molecule has 0 bridgehead atoms. The smallest absolute Gasteiger partial charge is 0.123 e. The standard InChI is InChI=1S/C13H16ClNO/c1-4-9(2)12(8-15)11-7-10(14)5-6-13(11)16-3/h5-7,9,12H,4H2,1-3H3. The van der Waals surface area contributed by atoms with Crippen molar-refractivity contribution in [3.8, 4) is 11.8 Å². The number of rotatable bonds is 4. The molecule has 1 aromatic rings. The molecule has 0 saturated heterocycles. The fraction of sp³-hybridized carbons (Fsp3) is 0.462. The molecule has 0 heterocycles. The minimum atomic E-state index is -0.168. The van der Waals surface area contributed by atoms with E-state index >= 15 is 0 Å². The third kappa shape index (κ3) is 2.68. The maximum Gasteiger partial charge on any atom is 0.123 e. The fourth-order valence-corrected chi connectivity index (χ4v) is 1.87. The average molecular weight is 238 g/mol. The van der Waals surface area contributed by atoms with Crippen molar-refractivity contribution in [2.24, 2.45) is 5.92 Å². The van der Waals surface area contributed by atoms with Gasteiger partial charge in [-0.05, 0) is 24.1 Å². The van der Waals surface area contributed by atoms with Gasteiger partial charge in [-0.15, -0.1) is 0 Å². The summed E-state index contributed by atoms with van der Waals surface area (Å²) in [5, 5.41) is 9.88. The lowest BCUT2D eigenvalue weighted by atomic mass is 9.86. The maximum atomic E-state index is 9.24. The third-order valence-electron chi connectivity index (χ3n) is 2.88. The van der Waals surface area contributed by atoms with E-state index in [1.807, 2.05) is 12.1 Å². The SMILES string of the molecule is CCC(C)C(C#N)c1cc(Cl)ccc1OC. The Morgan fingerprint density at radius 1 is 1.50 bits per heavy atom. The molecule has 2 nitrogen and oxygen atoms in total. The first-order chi connectivity index (χ1) is 7.63. The maximum absolute atomic E-state index is 9.24. The van der Waals surface area contributed by atoms with E-state index in [0.29, 0.717) is 5.02 Å². The van der Waals surface area contributed by atoms with Gasteiger partial charge in [-0.25, -0.2) is 0 Å². The Bertz CT molecular complexity index is 397.